The summed E-state index contributed by atoms with van der Waals surface area (Å²) in [6.45, 7) is 0.226. The Balaban J connectivity index is 1.29. The lowest BCUT2D eigenvalue weighted by atomic mass is 9.85. The zero-order valence-electron chi connectivity index (χ0n) is 20.5. The van der Waals surface area contributed by atoms with Gasteiger partial charge in [-0.15, -0.1) is 0 Å². The number of aromatic nitrogens is 1. The molecule has 2 aliphatic rings. The van der Waals surface area contributed by atoms with Crippen molar-refractivity contribution in [2.45, 2.75) is 43.8 Å². The molecule has 1 aliphatic heterocycles. The van der Waals surface area contributed by atoms with Gasteiger partial charge in [0.25, 0.3) is 18.2 Å². The van der Waals surface area contributed by atoms with Crippen molar-refractivity contribution in [2.75, 3.05) is 11.4 Å². The van der Waals surface area contributed by atoms with Crippen molar-refractivity contribution in [1.82, 2.24) is 10.3 Å². The van der Waals surface area contributed by atoms with Gasteiger partial charge in [0, 0.05) is 29.9 Å². The molecule has 0 spiro atoms. The van der Waals surface area contributed by atoms with Gasteiger partial charge in [-0.1, -0.05) is 29.8 Å². The molecule has 2 aromatic carbocycles. The third-order valence-corrected chi connectivity index (χ3v) is 7.62. The predicted molar refractivity (Wildman–Crippen MR) is 136 cm³/mol. The lowest BCUT2D eigenvalue weighted by Crippen LogP contribution is -2.45. The Morgan fingerprint density at radius 1 is 1.10 bits per heavy atom. The second kappa shape index (κ2) is 10.6. The molecule has 1 aromatic heterocycles. The number of para-hydroxylation sites is 1. The highest BCUT2D eigenvalue weighted by atomic mass is 35.5. The summed E-state index contributed by atoms with van der Waals surface area (Å²) in [7, 11) is 0. The molecule has 1 unspecified atom stereocenters. The Hall–Kier alpha value is -3.50. The van der Waals surface area contributed by atoms with Crippen molar-refractivity contribution in [3.8, 4) is 0 Å². The number of nitrogens with zero attached hydrogens (tertiary/aromatic N) is 2. The van der Waals surface area contributed by atoms with Gasteiger partial charge in [-0.3, -0.25) is 14.6 Å². The van der Waals surface area contributed by atoms with Gasteiger partial charge in [-0.25, -0.2) is 17.6 Å². The van der Waals surface area contributed by atoms with Crippen LogP contribution in [0.3, 0.4) is 0 Å². The molecule has 2 heterocycles. The van der Waals surface area contributed by atoms with Gasteiger partial charge in [0.05, 0.1) is 16.3 Å². The van der Waals surface area contributed by atoms with Gasteiger partial charge in [-0.2, -0.15) is 0 Å². The van der Waals surface area contributed by atoms with Crippen molar-refractivity contribution in [3.63, 3.8) is 0 Å². The summed E-state index contributed by atoms with van der Waals surface area (Å²) < 4.78 is 55.3. The summed E-state index contributed by atoms with van der Waals surface area (Å²) in [5.41, 5.74) is -3.15. The number of anilines is 1. The van der Waals surface area contributed by atoms with Crippen LogP contribution in [-0.4, -0.2) is 34.5 Å². The number of amides is 2. The predicted octanol–water partition coefficient (Wildman–Crippen LogP) is 5.52. The summed E-state index contributed by atoms with van der Waals surface area (Å²) in [5, 5.41) is 14.4. The number of hydrogen-bond donors (Lipinski definition) is 2. The smallest absolute Gasteiger partial charge is 0.281 e. The highest BCUT2D eigenvalue weighted by Crippen LogP contribution is 2.46. The molecule has 2 N–H and O–H groups in total. The lowest BCUT2D eigenvalue weighted by molar-refractivity contribution is -0.132. The average molecular weight is 562 g/mol. The molecular formula is C28H24ClF4N3O3. The van der Waals surface area contributed by atoms with Gasteiger partial charge in [-0.05, 0) is 61.9 Å². The van der Waals surface area contributed by atoms with Crippen molar-refractivity contribution in [3.05, 3.63) is 93.8 Å². The zero-order chi connectivity index (χ0) is 27.9. The van der Waals surface area contributed by atoms with Crippen LogP contribution in [0, 0.1) is 17.6 Å². The standard InChI is InChI=1S/C28H24ClF4N3O3/c29-16-11-19(24(25(32)33)34-13-16)26(37)35-18-8-5-15(6-9-18)14-36-23-4-2-1-3-20(23)28(39,27(36)38)21-12-17(30)7-10-22(21)31/h1-4,7,10-13,15,18,25,39H,5-6,8-9,14H2,(H,35,37)/t15-,18-,28?. The fourth-order valence-electron chi connectivity index (χ4n) is 5.47. The van der Waals surface area contributed by atoms with E-state index in [2.05, 4.69) is 10.3 Å². The molecule has 1 fully saturated rings. The molecule has 1 aliphatic carbocycles. The van der Waals surface area contributed by atoms with E-state index in [1.54, 1.807) is 18.2 Å². The number of nitrogens with one attached hydrogen (secondary N) is 1. The SMILES string of the molecule is O=C(N[C@H]1CC[C@H](CN2C(=O)C(O)(c3cc(F)ccc3F)c3ccccc32)CC1)c1cc(Cl)cnc1C(F)F. The van der Waals surface area contributed by atoms with E-state index in [9.17, 15) is 32.3 Å². The quantitative estimate of drug-likeness (QED) is 0.388. The minimum Gasteiger partial charge on any atom is -0.372 e. The molecule has 0 bridgehead atoms. The van der Waals surface area contributed by atoms with Crippen LogP contribution in [-0.2, 0) is 10.4 Å². The van der Waals surface area contributed by atoms with Crippen molar-refractivity contribution in [1.29, 1.82) is 0 Å². The van der Waals surface area contributed by atoms with Crippen LogP contribution in [0.1, 0.15) is 59.3 Å². The highest BCUT2D eigenvalue weighted by Gasteiger charge is 2.52. The Morgan fingerprint density at radius 3 is 2.54 bits per heavy atom. The Morgan fingerprint density at radius 2 is 1.82 bits per heavy atom. The Labute approximate surface area is 226 Å². The largest absolute Gasteiger partial charge is 0.372 e. The van der Waals surface area contributed by atoms with Gasteiger partial charge in [0.15, 0.2) is 5.60 Å². The first-order chi connectivity index (χ1) is 18.6. The summed E-state index contributed by atoms with van der Waals surface area (Å²) in [6.07, 6.45) is 0.381. The maximum Gasteiger partial charge on any atom is 0.281 e. The molecule has 1 saturated carbocycles. The van der Waals surface area contributed by atoms with Crippen LogP contribution < -0.4 is 10.2 Å². The topological polar surface area (TPSA) is 82.5 Å². The van der Waals surface area contributed by atoms with Crippen LogP contribution in [0.2, 0.25) is 5.02 Å². The van der Waals surface area contributed by atoms with E-state index in [1.807, 2.05) is 0 Å². The van der Waals surface area contributed by atoms with Gasteiger partial charge in [0.1, 0.15) is 17.3 Å². The summed E-state index contributed by atoms with van der Waals surface area (Å²) in [5.74, 6) is -3.14. The first-order valence-corrected chi connectivity index (χ1v) is 12.8. The molecule has 39 heavy (non-hydrogen) atoms. The minimum atomic E-state index is -2.93. The van der Waals surface area contributed by atoms with Crippen LogP contribution in [0.15, 0.2) is 54.7 Å². The van der Waals surface area contributed by atoms with E-state index in [4.69, 9.17) is 11.6 Å². The first-order valence-electron chi connectivity index (χ1n) is 12.4. The number of carbonyl (C=O) groups is 2. The van der Waals surface area contributed by atoms with Crippen LogP contribution >= 0.6 is 11.6 Å². The van der Waals surface area contributed by atoms with E-state index in [1.165, 1.54) is 11.0 Å². The zero-order valence-corrected chi connectivity index (χ0v) is 21.3. The molecule has 0 radical (unpaired) electrons. The number of hydrogen-bond acceptors (Lipinski definition) is 4. The number of rotatable bonds is 6. The monoisotopic (exact) mass is 561 g/mol. The van der Waals surface area contributed by atoms with Gasteiger partial charge >= 0.3 is 0 Å². The molecule has 5 rings (SSSR count). The second-order valence-corrected chi connectivity index (χ2v) is 10.3. The Kier molecular flexibility index (Phi) is 7.35. The number of aliphatic hydroxyl groups is 1. The molecule has 11 heteroatoms. The fourth-order valence-corrected chi connectivity index (χ4v) is 5.63. The van der Waals surface area contributed by atoms with E-state index in [0.717, 1.165) is 30.5 Å². The first kappa shape index (κ1) is 27.1. The number of carbonyl (C=O) groups excluding carboxylic acids is 2. The fraction of sp³-hybridized carbons (Fsp3) is 0.321. The molecule has 2 amide bonds. The van der Waals surface area contributed by atoms with Crippen molar-refractivity contribution in [2.24, 2.45) is 5.92 Å². The molecule has 6 nitrogen and oxygen atoms in total. The number of fused-ring (bicyclic) bond motifs is 1. The maximum atomic E-state index is 14.7. The Bertz CT molecular complexity index is 1430. The van der Waals surface area contributed by atoms with Crippen LogP contribution in [0.5, 0.6) is 0 Å². The normalized spacial score (nSPS) is 22.7. The molecule has 204 valence electrons. The van der Waals surface area contributed by atoms with E-state index in [-0.39, 0.29) is 34.7 Å². The number of benzene rings is 2. The minimum absolute atomic E-state index is 0.0145. The van der Waals surface area contributed by atoms with E-state index in [0.29, 0.717) is 31.4 Å². The third-order valence-electron chi connectivity index (χ3n) is 7.42. The van der Waals surface area contributed by atoms with Crippen LogP contribution in [0.25, 0.3) is 0 Å². The number of pyridine rings is 1. The van der Waals surface area contributed by atoms with Gasteiger partial charge in [0.2, 0.25) is 0 Å². The van der Waals surface area contributed by atoms with E-state index < -0.39 is 46.7 Å². The summed E-state index contributed by atoms with van der Waals surface area (Å²) >= 11 is 5.85. The second-order valence-electron chi connectivity index (χ2n) is 9.85. The molecule has 1 atom stereocenters. The van der Waals surface area contributed by atoms with E-state index >= 15 is 0 Å². The summed E-state index contributed by atoms with van der Waals surface area (Å²) in [6, 6.07) is 9.97. The summed E-state index contributed by atoms with van der Waals surface area (Å²) in [4.78, 5) is 31.2. The molecule has 0 saturated heterocycles. The highest BCUT2D eigenvalue weighted by molar-refractivity contribution is 6.30. The van der Waals surface area contributed by atoms with Gasteiger partial charge < -0.3 is 15.3 Å². The van der Waals surface area contributed by atoms with Crippen LogP contribution in [0.4, 0.5) is 23.2 Å². The third kappa shape index (κ3) is 4.98. The number of halogens is 5. The molecule has 3 aromatic rings. The van der Waals surface area contributed by atoms with Crippen molar-refractivity contribution < 1.29 is 32.3 Å². The molecular weight excluding hydrogens is 538 g/mol. The average Bonchev–Trinajstić information content (AvgIpc) is 3.13. The number of alkyl halides is 2. The lowest BCUT2D eigenvalue weighted by Gasteiger charge is -2.32. The maximum absolute atomic E-state index is 14.7. The van der Waals surface area contributed by atoms with Crippen molar-refractivity contribution >= 4 is 29.1 Å².